The van der Waals surface area contributed by atoms with Gasteiger partial charge in [0.15, 0.2) is 93.8 Å². The van der Waals surface area contributed by atoms with E-state index in [9.17, 15) is 49.6 Å². The van der Waals surface area contributed by atoms with Crippen LogP contribution in [0.4, 0.5) is 79.0 Å². The number of H-pyrrole nitrogens is 2. The first-order chi connectivity index (χ1) is 48.5. The first-order valence-electron chi connectivity index (χ1n) is 29.1. The lowest BCUT2D eigenvalue weighted by Gasteiger charge is -2.39. The van der Waals surface area contributed by atoms with E-state index in [4.69, 9.17) is 18.9 Å². The van der Waals surface area contributed by atoms with Crippen molar-refractivity contribution in [3.05, 3.63) is 176 Å². The summed E-state index contributed by atoms with van der Waals surface area (Å²) < 4.78 is 314. The van der Waals surface area contributed by atoms with Crippen molar-refractivity contribution in [2.75, 3.05) is 13.2 Å². The van der Waals surface area contributed by atoms with Crippen LogP contribution in [0.5, 0.6) is 11.5 Å². The highest BCUT2D eigenvalue weighted by Crippen LogP contribution is 2.47. The van der Waals surface area contributed by atoms with Gasteiger partial charge in [0, 0.05) is 44.3 Å². The highest BCUT2D eigenvalue weighted by atomic mass is 19.2. The van der Waals surface area contributed by atoms with Crippen molar-refractivity contribution >= 4 is 46.4 Å². The number of aliphatic hydroxyl groups excluding tert-OH is 8. The molecule has 4 aromatic carbocycles. The topological polar surface area (TPSA) is 318 Å². The molecular weight excluding hydrogens is 1420 g/mol. The first kappa shape index (κ1) is 70.1. The fraction of sp³-hybridized carbons (Fsp3) is 0.226. The molecule has 8 bridgehead atoms. The fourth-order valence-electron chi connectivity index (χ4n) is 11.7. The number of aromatic amines is 2. The van der Waals surface area contributed by atoms with E-state index in [2.05, 4.69) is 40.6 Å². The Bertz CT molecular complexity index is 4780. The number of aliphatic hydroxyl groups is 8. The largest absolute Gasteiger partial charge is 0.481 e. The highest BCUT2D eigenvalue weighted by molar-refractivity contribution is 6.00. The monoisotopic (exact) mass is 1460 g/mol. The summed E-state index contributed by atoms with van der Waals surface area (Å²) in [5.41, 5.74) is -22.0. The number of fused-ring (bicyclic) bond motifs is 8. The molecule has 2 fully saturated rings. The van der Waals surface area contributed by atoms with E-state index in [0.717, 1.165) is 12.4 Å². The van der Waals surface area contributed by atoms with Crippen molar-refractivity contribution in [2.45, 2.75) is 74.5 Å². The first-order valence-corrected chi connectivity index (χ1v) is 29.1. The van der Waals surface area contributed by atoms with Crippen LogP contribution in [0, 0.1) is 105 Å². The van der Waals surface area contributed by atoms with E-state index >= 15 is 70.2 Å². The van der Waals surface area contributed by atoms with E-state index < -0.39 is 305 Å². The minimum Gasteiger partial charge on any atom is -0.481 e. The number of halogens is 18. The van der Waals surface area contributed by atoms with Gasteiger partial charge in [-0.3, -0.25) is 0 Å². The minimum atomic E-state index is -2.76. The van der Waals surface area contributed by atoms with Crippen LogP contribution in [-0.4, -0.2) is 153 Å². The quantitative estimate of drug-likeness (QED) is 0.0279. The predicted molar refractivity (Wildman–Crippen MR) is 307 cm³/mol. The van der Waals surface area contributed by atoms with Gasteiger partial charge in [0.1, 0.15) is 73.4 Å². The van der Waals surface area contributed by atoms with Crippen molar-refractivity contribution in [1.82, 2.24) is 49.9 Å². The van der Waals surface area contributed by atoms with Crippen molar-refractivity contribution in [3.63, 3.8) is 0 Å². The summed E-state index contributed by atoms with van der Waals surface area (Å²) in [5, 5.41) is 95.8. The Hall–Kier alpha value is -10.3. The molecular formula is C62H38F18N10O12. The lowest BCUT2D eigenvalue weighted by molar-refractivity contribution is -0.254. The number of hydrogen-bond donors (Lipinski definition) is 10. The normalized spacial score (nSPS) is 21.2. The zero-order valence-electron chi connectivity index (χ0n) is 50.0. The smallest absolute Gasteiger partial charge is 0.204 e. The van der Waals surface area contributed by atoms with E-state index in [1.165, 1.54) is 0 Å². The van der Waals surface area contributed by atoms with Gasteiger partial charge in [-0.1, -0.05) is 10.4 Å². The predicted octanol–water partition coefficient (Wildman–Crippen LogP) is 8.11. The summed E-state index contributed by atoms with van der Waals surface area (Å²) in [5.74, 6) is -50.0. The maximum absolute atomic E-state index is 17.3. The number of nitrogens with one attached hydrogen (secondary N) is 2. The molecule has 40 heteroatoms. The molecule has 0 amide bonds. The van der Waals surface area contributed by atoms with Crippen LogP contribution >= 0.6 is 0 Å². The molecule has 5 aromatic heterocycles. The molecule has 4 aliphatic heterocycles. The summed E-state index contributed by atoms with van der Waals surface area (Å²) in [7, 11) is 0. The van der Waals surface area contributed by atoms with Gasteiger partial charge in [0.25, 0.3) is 0 Å². The molecule has 10 atom stereocenters. The highest BCUT2D eigenvalue weighted by Gasteiger charge is 2.47. The Morgan fingerprint density at radius 2 is 0.598 bits per heavy atom. The fourth-order valence-corrected chi connectivity index (χ4v) is 11.7. The third kappa shape index (κ3) is 11.3. The lowest BCUT2D eigenvalue weighted by atomic mass is 9.98. The van der Waals surface area contributed by atoms with E-state index in [1.54, 1.807) is 0 Å². The van der Waals surface area contributed by atoms with Crippen LogP contribution in [0.15, 0.2) is 36.7 Å². The van der Waals surface area contributed by atoms with Crippen molar-refractivity contribution in [2.24, 2.45) is 0 Å². The molecule has 0 unspecified atom stereocenters. The summed E-state index contributed by atoms with van der Waals surface area (Å²) in [6.07, 6.45) is -13.8. The molecule has 22 nitrogen and oxygen atoms in total. The zero-order chi connectivity index (χ0) is 73.3. The molecule has 13 rings (SSSR count). The van der Waals surface area contributed by atoms with E-state index in [1.807, 2.05) is 0 Å². The molecule has 534 valence electrons. The number of nitrogens with zero attached hydrogens (tertiary/aromatic N) is 8. The Balaban J connectivity index is 1.04. The summed E-state index contributed by atoms with van der Waals surface area (Å²) in [6, 6.07) is 2.53. The summed E-state index contributed by atoms with van der Waals surface area (Å²) in [4.78, 5) is 12.8. The molecule has 10 N–H and O–H groups in total. The van der Waals surface area contributed by atoms with Gasteiger partial charge in [-0.25, -0.2) is 80.8 Å². The van der Waals surface area contributed by atoms with Crippen LogP contribution in [0.1, 0.15) is 46.6 Å². The van der Waals surface area contributed by atoms with E-state index in [0.29, 0.717) is 57.9 Å². The third-order valence-electron chi connectivity index (χ3n) is 16.7. The Morgan fingerprint density at radius 1 is 0.343 bits per heavy atom. The second-order valence-electron chi connectivity index (χ2n) is 22.7. The maximum Gasteiger partial charge on any atom is 0.204 e. The number of rotatable bonds is 14. The second-order valence-corrected chi connectivity index (χ2v) is 22.7. The standard InChI is InChI=1S/C62H38F18N10O12/c63-35-31(36(64)44(72)47(75)43(35)71)27-17-1-2-18(81-17)28(32-37(65)45(73)48(76)46(74)38(32)66)20-4-6-22(83-20)30(34-41(69)51(79)60(52(80)42(34)70)100-14-16-10-90(88-86-16)62-58(98)56(96)54(94)26(12-92)102-62)24-8-7-23(84-24)29(21-5-3-19(27)82-21)33-39(67)49(77)59(50(78)40(33)68)99-13-15-9-89(87-85-15)61-57(97)55(95)53(93)25(11-91)101-61/h1-10,25-26,53-58,61-62,82-83,91-98H,11-14H2/t25-,26-,53-,54-,55+,56+,57-,58-,61-,62-/m1/s1. The maximum atomic E-state index is 17.3. The van der Waals surface area contributed by atoms with Crippen LogP contribution in [0.25, 0.3) is 90.9 Å². The molecule has 0 aliphatic carbocycles. The van der Waals surface area contributed by atoms with Crippen LogP contribution in [0.3, 0.4) is 0 Å². The Kier molecular flexibility index (Phi) is 18.3. The number of aromatic nitrogens is 10. The molecule has 9 aromatic rings. The van der Waals surface area contributed by atoms with Crippen molar-refractivity contribution in [3.8, 4) is 56.0 Å². The Labute approximate surface area is 553 Å². The zero-order valence-corrected chi connectivity index (χ0v) is 50.0. The van der Waals surface area contributed by atoms with Crippen molar-refractivity contribution < 1.29 is 139 Å². The SMILES string of the molecule is OC[C@H]1O[C@@H](n2cc(COc3c(F)c(F)c(-c4c5nc(c(-c6c(F)c(F)c(OCc7cn([C@@H]8O[C@H](CO)[C@@H](O)[C@H](O)[C@H]8O)nn7)c(F)c6F)c6ccc([nH]6)c(-c6c(F)c(F)c(F)c(F)c6F)c6nc(c(-c7c(F)c(F)c(F)c(F)c7F)c7ccc4[nH]7)C=C6)C=C5)c(F)c3F)nn2)[C@H](O)[C@@H](O)[C@@H]1O. The van der Waals surface area contributed by atoms with Crippen molar-refractivity contribution in [1.29, 1.82) is 0 Å². The average Bonchev–Trinajstić information content (AvgIpc) is 1.55. The molecule has 0 saturated carbocycles. The van der Waals surface area contributed by atoms with Crippen LogP contribution in [-0.2, 0) is 22.7 Å². The molecule has 2 saturated heterocycles. The van der Waals surface area contributed by atoms with Gasteiger partial charge in [-0.2, -0.15) is 17.6 Å². The molecule has 4 aliphatic rings. The van der Waals surface area contributed by atoms with Gasteiger partial charge in [0.2, 0.25) is 34.9 Å². The summed E-state index contributed by atoms with van der Waals surface area (Å²) in [6.45, 7) is -4.13. The third-order valence-corrected chi connectivity index (χ3v) is 16.7. The van der Waals surface area contributed by atoms with E-state index in [-0.39, 0.29) is 0 Å². The number of benzene rings is 4. The number of hydrogen-bond acceptors (Lipinski definition) is 18. The average molecular weight is 1460 g/mol. The van der Waals surface area contributed by atoms with Gasteiger partial charge in [-0.05, 0) is 48.6 Å². The lowest BCUT2D eigenvalue weighted by Crippen LogP contribution is -2.56. The van der Waals surface area contributed by atoms with Gasteiger partial charge in [-0.15, -0.1) is 10.2 Å². The molecule has 0 radical (unpaired) electrons. The van der Waals surface area contributed by atoms with Crippen LogP contribution < -0.4 is 9.47 Å². The van der Waals surface area contributed by atoms with Gasteiger partial charge in [0.05, 0.1) is 70.6 Å². The minimum absolute atomic E-state index is 0.469. The molecule has 0 spiro atoms. The summed E-state index contributed by atoms with van der Waals surface area (Å²) >= 11 is 0. The Morgan fingerprint density at radius 3 is 0.863 bits per heavy atom. The number of ether oxygens (including phenoxy) is 4. The second kappa shape index (κ2) is 26.6. The van der Waals surface area contributed by atoms with Gasteiger partial charge < -0.3 is 69.8 Å². The molecule has 9 heterocycles. The van der Waals surface area contributed by atoms with Crippen LogP contribution in [0.2, 0.25) is 0 Å². The van der Waals surface area contributed by atoms with Gasteiger partial charge >= 0.3 is 0 Å². The molecule has 102 heavy (non-hydrogen) atoms.